The molecule has 2 aromatic rings. The number of esters is 2. The lowest BCUT2D eigenvalue weighted by Gasteiger charge is -2.31. The van der Waals surface area contributed by atoms with Crippen molar-refractivity contribution in [3.8, 4) is 0 Å². The maximum absolute atomic E-state index is 12.4. The molecule has 1 aliphatic rings. The number of hydrogen-bond acceptors (Lipinski definition) is 6. The number of fused-ring (bicyclic) bond motifs is 1. The first-order valence-corrected chi connectivity index (χ1v) is 11.7. The van der Waals surface area contributed by atoms with E-state index < -0.39 is 5.97 Å². The molecule has 1 heterocycles. The highest BCUT2D eigenvalue weighted by Gasteiger charge is 2.29. The van der Waals surface area contributed by atoms with Gasteiger partial charge in [0.25, 0.3) is 5.91 Å². The van der Waals surface area contributed by atoms with Gasteiger partial charge in [-0.2, -0.15) is 0 Å². The molecule has 0 aliphatic carbocycles. The fraction of sp³-hybridized carbons (Fsp3) is 0.409. The number of rotatable bonds is 7. The third kappa shape index (κ3) is 5.76. The molecule has 160 valence electrons. The minimum Gasteiger partial charge on any atom is -0.466 e. The standard InChI is InChI=1S/C22H24BrNO5S/c1-2-28-22(27)16-7-5-11-24(12-16)19(25)13-29-20(26)14-30-18-10-9-15-6-3-4-8-17(15)21(18)23/h3-4,6,8-10,16H,2,5,7,11-14H2,1H3/t16-/m0/s1. The Labute approximate surface area is 188 Å². The number of thioether (sulfide) groups is 1. The molecule has 1 saturated heterocycles. The van der Waals surface area contributed by atoms with Crippen LogP contribution in [0.1, 0.15) is 19.8 Å². The summed E-state index contributed by atoms with van der Waals surface area (Å²) in [7, 11) is 0. The summed E-state index contributed by atoms with van der Waals surface area (Å²) >= 11 is 4.96. The predicted octanol–water partition coefficient (Wildman–Crippen LogP) is 4.04. The van der Waals surface area contributed by atoms with Crippen LogP contribution >= 0.6 is 27.7 Å². The van der Waals surface area contributed by atoms with Crippen molar-refractivity contribution in [3.63, 3.8) is 0 Å². The Morgan fingerprint density at radius 2 is 1.97 bits per heavy atom. The van der Waals surface area contributed by atoms with Crippen LogP contribution in [0.3, 0.4) is 0 Å². The lowest BCUT2D eigenvalue weighted by molar-refractivity contribution is -0.155. The number of halogens is 1. The minimum atomic E-state index is -0.452. The average Bonchev–Trinajstić information content (AvgIpc) is 2.77. The largest absolute Gasteiger partial charge is 0.466 e. The molecule has 0 N–H and O–H groups in total. The van der Waals surface area contributed by atoms with Crippen molar-refractivity contribution in [1.82, 2.24) is 4.90 Å². The molecule has 0 bridgehead atoms. The van der Waals surface area contributed by atoms with Gasteiger partial charge in [-0.05, 0) is 52.5 Å². The van der Waals surface area contributed by atoms with Crippen LogP contribution in [0.5, 0.6) is 0 Å². The van der Waals surface area contributed by atoms with Gasteiger partial charge < -0.3 is 14.4 Å². The zero-order chi connectivity index (χ0) is 21.5. The Morgan fingerprint density at radius 3 is 2.77 bits per heavy atom. The van der Waals surface area contributed by atoms with E-state index in [0.717, 1.165) is 26.6 Å². The molecule has 0 spiro atoms. The second-order valence-electron chi connectivity index (χ2n) is 6.98. The van der Waals surface area contributed by atoms with E-state index in [1.165, 1.54) is 11.8 Å². The second kappa shape index (κ2) is 10.8. The minimum absolute atomic E-state index is 0.107. The smallest absolute Gasteiger partial charge is 0.316 e. The summed E-state index contributed by atoms with van der Waals surface area (Å²) in [6.45, 7) is 2.65. The van der Waals surface area contributed by atoms with E-state index in [1.807, 2.05) is 36.4 Å². The van der Waals surface area contributed by atoms with Crippen LogP contribution in [0.2, 0.25) is 0 Å². The molecular formula is C22H24BrNO5S. The average molecular weight is 494 g/mol. The second-order valence-corrected chi connectivity index (χ2v) is 8.79. The zero-order valence-corrected chi connectivity index (χ0v) is 19.2. The van der Waals surface area contributed by atoms with Crippen LogP contribution < -0.4 is 0 Å². The predicted molar refractivity (Wildman–Crippen MR) is 119 cm³/mol. The molecule has 1 fully saturated rings. The summed E-state index contributed by atoms with van der Waals surface area (Å²) in [4.78, 5) is 38.9. The molecule has 0 radical (unpaired) electrons. The van der Waals surface area contributed by atoms with Gasteiger partial charge >= 0.3 is 11.9 Å². The summed E-state index contributed by atoms with van der Waals surface area (Å²) in [5, 5.41) is 2.19. The Hall–Kier alpha value is -2.06. The maximum Gasteiger partial charge on any atom is 0.316 e. The number of carbonyl (C=O) groups is 3. The number of ether oxygens (including phenoxy) is 2. The number of piperidine rings is 1. The van der Waals surface area contributed by atoms with E-state index >= 15 is 0 Å². The quantitative estimate of drug-likeness (QED) is 0.428. The van der Waals surface area contributed by atoms with Gasteiger partial charge in [0.1, 0.15) is 0 Å². The molecule has 1 aliphatic heterocycles. The number of amides is 1. The normalized spacial score (nSPS) is 16.3. The van der Waals surface area contributed by atoms with Crippen LogP contribution in [0.15, 0.2) is 45.8 Å². The van der Waals surface area contributed by atoms with Gasteiger partial charge in [0.15, 0.2) is 6.61 Å². The molecule has 1 amide bonds. The summed E-state index contributed by atoms with van der Waals surface area (Å²) in [5.41, 5.74) is 0. The van der Waals surface area contributed by atoms with Crippen molar-refractivity contribution in [3.05, 3.63) is 40.9 Å². The summed E-state index contributed by atoms with van der Waals surface area (Å²) in [6, 6.07) is 12.0. The van der Waals surface area contributed by atoms with Gasteiger partial charge in [0.2, 0.25) is 0 Å². The molecule has 2 aromatic carbocycles. The topological polar surface area (TPSA) is 72.9 Å². The molecule has 8 heteroatoms. The van der Waals surface area contributed by atoms with E-state index in [1.54, 1.807) is 11.8 Å². The lowest BCUT2D eigenvalue weighted by Crippen LogP contribution is -2.44. The number of likely N-dealkylation sites (tertiary alicyclic amines) is 1. The fourth-order valence-corrected chi connectivity index (χ4v) is 4.99. The number of carbonyl (C=O) groups excluding carboxylic acids is 3. The van der Waals surface area contributed by atoms with Crippen molar-refractivity contribution in [2.75, 3.05) is 32.1 Å². The Bertz CT molecular complexity index is 935. The van der Waals surface area contributed by atoms with Gasteiger partial charge in [-0.3, -0.25) is 14.4 Å². The third-order valence-electron chi connectivity index (χ3n) is 4.92. The van der Waals surface area contributed by atoms with Crippen molar-refractivity contribution in [2.24, 2.45) is 5.92 Å². The van der Waals surface area contributed by atoms with Gasteiger partial charge in [0, 0.05) is 22.5 Å². The highest BCUT2D eigenvalue weighted by Crippen LogP contribution is 2.34. The Kier molecular flexibility index (Phi) is 8.16. The van der Waals surface area contributed by atoms with E-state index in [0.29, 0.717) is 26.1 Å². The molecule has 3 rings (SSSR count). The highest BCUT2D eigenvalue weighted by molar-refractivity contribution is 9.10. The molecule has 0 unspecified atom stereocenters. The first-order valence-electron chi connectivity index (χ1n) is 9.89. The van der Waals surface area contributed by atoms with Crippen LogP contribution in [0, 0.1) is 5.92 Å². The zero-order valence-electron chi connectivity index (χ0n) is 16.8. The summed E-state index contributed by atoms with van der Waals surface area (Å²) < 4.78 is 11.2. The van der Waals surface area contributed by atoms with Gasteiger partial charge in [0.05, 0.1) is 18.3 Å². The molecule has 0 aromatic heterocycles. The van der Waals surface area contributed by atoms with Crippen LogP contribution in [0.25, 0.3) is 10.8 Å². The maximum atomic E-state index is 12.4. The fourth-order valence-electron chi connectivity index (χ4n) is 3.39. The van der Waals surface area contributed by atoms with Crippen molar-refractivity contribution >= 4 is 56.3 Å². The van der Waals surface area contributed by atoms with Crippen molar-refractivity contribution < 1.29 is 23.9 Å². The van der Waals surface area contributed by atoms with E-state index in [4.69, 9.17) is 9.47 Å². The van der Waals surface area contributed by atoms with Crippen LogP contribution in [-0.4, -0.2) is 54.8 Å². The number of hydrogen-bond donors (Lipinski definition) is 0. The Morgan fingerprint density at radius 1 is 1.17 bits per heavy atom. The van der Waals surface area contributed by atoms with E-state index in [2.05, 4.69) is 15.9 Å². The first kappa shape index (κ1) is 22.6. The SMILES string of the molecule is CCOC(=O)[C@H]1CCCN(C(=O)COC(=O)CSc2ccc3ccccc3c2Br)C1. The van der Waals surface area contributed by atoms with Crippen molar-refractivity contribution in [2.45, 2.75) is 24.7 Å². The van der Waals surface area contributed by atoms with Gasteiger partial charge in [-0.1, -0.05) is 30.3 Å². The van der Waals surface area contributed by atoms with Gasteiger partial charge in [-0.25, -0.2) is 0 Å². The Balaban J connectivity index is 1.47. The third-order valence-corrected chi connectivity index (χ3v) is 7.07. The van der Waals surface area contributed by atoms with Crippen LogP contribution in [0.4, 0.5) is 0 Å². The molecule has 1 atom stereocenters. The molecular weight excluding hydrogens is 470 g/mol. The van der Waals surface area contributed by atoms with E-state index in [9.17, 15) is 14.4 Å². The highest BCUT2D eigenvalue weighted by atomic mass is 79.9. The number of benzene rings is 2. The number of nitrogens with zero attached hydrogens (tertiary/aromatic N) is 1. The lowest BCUT2D eigenvalue weighted by atomic mass is 9.98. The van der Waals surface area contributed by atoms with Crippen LogP contribution in [-0.2, 0) is 23.9 Å². The summed E-state index contributed by atoms with van der Waals surface area (Å²) in [5.74, 6) is -1.21. The van der Waals surface area contributed by atoms with Gasteiger partial charge in [-0.15, -0.1) is 11.8 Å². The summed E-state index contributed by atoms with van der Waals surface area (Å²) in [6.07, 6.45) is 1.44. The molecule has 6 nitrogen and oxygen atoms in total. The first-order chi connectivity index (χ1) is 14.5. The molecule has 30 heavy (non-hydrogen) atoms. The molecule has 0 saturated carbocycles. The monoisotopic (exact) mass is 493 g/mol. The van der Waals surface area contributed by atoms with Crippen molar-refractivity contribution in [1.29, 1.82) is 0 Å². The van der Waals surface area contributed by atoms with E-state index in [-0.39, 0.29) is 30.2 Å².